The summed E-state index contributed by atoms with van der Waals surface area (Å²) in [5.41, 5.74) is 1.31. The van der Waals surface area contributed by atoms with E-state index in [1.165, 1.54) is 28.6 Å². The Morgan fingerprint density at radius 2 is 1.81 bits per heavy atom. The van der Waals surface area contributed by atoms with Crippen LogP contribution in [0.25, 0.3) is 0 Å². The third kappa shape index (κ3) is 3.28. The van der Waals surface area contributed by atoms with Crippen molar-refractivity contribution in [2.24, 2.45) is 0 Å². The van der Waals surface area contributed by atoms with E-state index < -0.39 is 31.7 Å². The van der Waals surface area contributed by atoms with Crippen LogP contribution in [-0.2, 0) is 26.3 Å². The maximum Gasteiger partial charge on any atom is 0.243 e. The monoisotopic (exact) mass is 397 g/mol. The van der Waals surface area contributed by atoms with Crippen LogP contribution >= 0.6 is 0 Å². The first kappa shape index (κ1) is 19.0. The molecule has 0 saturated carbocycles. The molecule has 0 radical (unpaired) electrons. The third-order valence-corrected chi connectivity index (χ3v) is 8.55. The molecule has 3 rings (SSSR count). The average molecular weight is 397 g/mol. The lowest BCUT2D eigenvalue weighted by atomic mass is 10.1. The van der Waals surface area contributed by atoms with E-state index in [0.717, 1.165) is 0 Å². The molecule has 0 aliphatic carbocycles. The number of rotatable bonds is 5. The van der Waals surface area contributed by atoms with Crippen molar-refractivity contribution >= 4 is 19.9 Å². The molecular weight excluding hydrogens is 377 g/mol. The Bertz CT molecular complexity index is 1030. The first-order chi connectivity index (χ1) is 12.2. The van der Waals surface area contributed by atoms with Gasteiger partial charge in [0.2, 0.25) is 10.0 Å². The maximum atomic E-state index is 13.1. The van der Waals surface area contributed by atoms with E-state index >= 15 is 0 Å². The van der Waals surface area contributed by atoms with Crippen molar-refractivity contribution in [1.29, 1.82) is 0 Å². The molecule has 0 N–H and O–H groups in total. The minimum atomic E-state index is -3.91. The summed E-state index contributed by atoms with van der Waals surface area (Å²) < 4.78 is 64.9. The van der Waals surface area contributed by atoms with Gasteiger partial charge >= 0.3 is 0 Å². The zero-order chi connectivity index (χ0) is 19.1. The SMILES string of the molecule is CCN(C(C)c1ccc(F)cc1)S(=O)(=O)c1ccc2c(c1)S(=O)(=O)CC2. The lowest BCUT2D eigenvalue weighted by Crippen LogP contribution is -2.33. The van der Waals surface area contributed by atoms with E-state index in [2.05, 4.69) is 0 Å². The number of halogens is 1. The second-order valence-corrected chi connectivity index (χ2v) is 10.2. The van der Waals surface area contributed by atoms with Crippen molar-refractivity contribution in [3.8, 4) is 0 Å². The summed E-state index contributed by atoms with van der Waals surface area (Å²) in [6.07, 6.45) is 0.404. The fourth-order valence-electron chi connectivity index (χ4n) is 3.24. The van der Waals surface area contributed by atoms with Crippen LogP contribution in [0.2, 0.25) is 0 Å². The Morgan fingerprint density at radius 3 is 2.42 bits per heavy atom. The minimum absolute atomic E-state index is 0.00923. The van der Waals surface area contributed by atoms with Crippen LogP contribution in [0.5, 0.6) is 0 Å². The average Bonchev–Trinajstić information content (AvgIpc) is 2.90. The van der Waals surface area contributed by atoms with Gasteiger partial charge < -0.3 is 0 Å². The standard InChI is InChI=1S/C18H20FNO4S2/c1-3-20(13(2)14-4-7-16(19)8-5-14)26(23,24)17-9-6-15-10-11-25(21,22)18(15)12-17/h4-9,12-13H,3,10-11H2,1-2H3. The Balaban J connectivity index is 2.02. The highest BCUT2D eigenvalue weighted by molar-refractivity contribution is 7.92. The van der Waals surface area contributed by atoms with Crippen LogP contribution in [0.15, 0.2) is 52.3 Å². The van der Waals surface area contributed by atoms with Crippen molar-refractivity contribution in [3.63, 3.8) is 0 Å². The van der Waals surface area contributed by atoms with Gasteiger partial charge in [0.1, 0.15) is 5.82 Å². The van der Waals surface area contributed by atoms with Gasteiger partial charge in [-0.1, -0.05) is 25.1 Å². The van der Waals surface area contributed by atoms with Crippen LogP contribution in [0.3, 0.4) is 0 Å². The highest BCUT2D eigenvalue weighted by Gasteiger charge is 2.32. The summed E-state index contributed by atoms with van der Waals surface area (Å²) in [7, 11) is -7.33. The van der Waals surface area contributed by atoms with E-state index in [0.29, 0.717) is 17.5 Å². The molecule has 26 heavy (non-hydrogen) atoms. The Kier molecular flexibility index (Phi) is 4.94. The highest BCUT2D eigenvalue weighted by atomic mass is 32.2. The zero-order valence-corrected chi connectivity index (χ0v) is 16.1. The first-order valence-corrected chi connectivity index (χ1v) is 11.4. The normalized spacial score (nSPS) is 17.2. The van der Waals surface area contributed by atoms with Crippen LogP contribution in [0.1, 0.15) is 31.0 Å². The summed E-state index contributed by atoms with van der Waals surface area (Å²) >= 11 is 0. The summed E-state index contributed by atoms with van der Waals surface area (Å²) in [5.74, 6) is -0.384. The van der Waals surface area contributed by atoms with Crippen molar-refractivity contribution in [3.05, 3.63) is 59.4 Å². The fraction of sp³-hybridized carbons (Fsp3) is 0.333. The van der Waals surface area contributed by atoms with Gasteiger partial charge in [0, 0.05) is 12.6 Å². The molecule has 0 saturated heterocycles. The molecule has 140 valence electrons. The lowest BCUT2D eigenvalue weighted by Gasteiger charge is -2.27. The largest absolute Gasteiger partial charge is 0.243 e. The van der Waals surface area contributed by atoms with E-state index in [1.807, 2.05) is 0 Å². The molecule has 0 bridgehead atoms. The van der Waals surface area contributed by atoms with Gasteiger partial charge in [-0.2, -0.15) is 4.31 Å². The van der Waals surface area contributed by atoms with Crippen LogP contribution in [-0.4, -0.2) is 33.4 Å². The zero-order valence-electron chi connectivity index (χ0n) is 14.5. The molecule has 8 heteroatoms. The molecule has 2 aromatic rings. The number of hydrogen-bond acceptors (Lipinski definition) is 4. The van der Waals surface area contributed by atoms with Gasteiger partial charge in [0.05, 0.1) is 15.5 Å². The molecule has 1 unspecified atom stereocenters. The number of aryl methyl sites for hydroxylation is 1. The fourth-order valence-corrected chi connectivity index (χ4v) is 6.56. The van der Waals surface area contributed by atoms with Gasteiger partial charge in [-0.3, -0.25) is 0 Å². The molecule has 1 atom stereocenters. The first-order valence-electron chi connectivity index (χ1n) is 8.30. The van der Waals surface area contributed by atoms with Crippen LogP contribution in [0, 0.1) is 5.82 Å². The van der Waals surface area contributed by atoms with Gasteiger partial charge in [0.15, 0.2) is 9.84 Å². The summed E-state index contributed by atoms with van der Waals surface area (Å²) in [4.78, 5) is 0.0570. The number of sulfonamides is 1. The molecule has 5 nitrogen and oxygen atoms in total. The molecule has 1 aliphatic rings. The van der Waals surface area contributed by atoms with E-state index in [9.17, 15) is 21.2 Å². The van der Waals surface area contributed by atoms with Crippen molar-refractivity contribution in [1.82, 2.24) is 4.31 Å². The highest BCUT2D eigenvalue weighted by Crippen LogP contribution is 2.32. The van der Waals surface area contributed by atoms with E-state index in [4.69, 9.17) is 0 Å². The molecule has 0 amide bonds. The second kappa shape index (κ2) is 6.75. The molecule has 0 aromatic heterocycles. The Hall–Kier alpha value is -1.77. The second-order valence-electron chi connectivity index (χ2n) is 6.27. The Labute approximate surface area is 153 Å². The summed E-state index contributed by atoms with van der Waals surface area (Å²) in [5, 5.41) is 0. The van der Waals surface area contributed by atoms with Crippen molar-refractivity contribution < 1.29 is 21.2 Å². The molecule has 1 aliphatic heterocycles. The molecule has 2 aromatic carbocycles. The Morgan fingerprint density at radius 1 is 1.15 bits per heavy atom. The smallest absolute Gasteiger partial charge is 0.224 e. The van der Waals surface area contributed by atoms with Gasteiger partial charge in [0.25, 0.3) is 0 Å². The van der Waals surface area contributed by atoms with E-state index in [-0.39, 0.29) is 22.1 Å². The van der Waals surface area contributed by atoms with Gasteiger partial charge in [-0.15, -0.1) is 0 Å². The minimum Gasteiger partial charge on any atom is -0.224 e. The number of fused-ring (bicyclic) bond motifs is 1. The number of sulfone groups is 1. The summed E-state index contributed by atoms with van der Waals surface area (Å²) in [6.45, 7) is 3.63. The predicted molar refractivity (Wildman–Crippen MR) is 96.6 cm³/mol. The molecule has 1 heterocycles. The molecule has 0 fully saturated rings. The number of nitrogens with zero attached hydrogens (tertiary/aromatic N) is 1. The lowest BCUT2D eigenvalue weighted by molar-refractivity contribution is 0.357. The predicted octanol–water partition coefficient (Wildman–Crippen LogP) is 2.93. The van der Waals surface area contributed by atoms with Crippen molar-refractivity contribution in [2.75, 3.05) is 12.3 Å². The van der Waals surface area contributed by atoms with Crippen molar-refractivity contribution in [2.45, 2.75) is 36.1 Å². The van der Waals surface area contributed by atoms with E-state index in [1.54, 1.807) is 32.0 Å². The number of benzene rings is 2. The molecular formula is C18H20FNO4S2. The molecule has 0 spiro atoms. The topological polar surface area (TPSA) is 71.5 Å². The van der Waals surface area contributed by atoms with Crippen LogP contribution < -0.4 is 0 Å². The summed E-state index contributed by atoms with van der Waals surface area (Å²) in [6, 6.07) is 9.43. The van der Waals surface area contributed by atoms with Crippen LogP contribution in [0.4, 0.5) is 4.39 Å². The van der Waals surface area contributed by atoms with Gasteiger partial charge in [-0.05, 0) is 48.7 Å². The third-order valence-electron chi connectivity index (χ3n) is 4.72. The quantitative estimate of drug-likeness (QED) is 0.778. The number of hydrogen-bond donors (Lipinski definition) is 0. The maximum absolute atomic E-state index is 13.1. The van der Waals surface area contributed by atoms with Gasteiger partial charge in [-0.25, -0.2) is 21.2 Å².